The Bertz CT molecular complexity index is 1890. The van der Waals surface area contributed by atoms with E-state index >= 15 is 0 Å². The Morgan fingerprint density at radius 1 is 0.833 bits per heavy atom. The molecule has 1 saturated heterocycles. The molecule has 8 heteroatoms. The molecule has 0 aromatic heterocycles. The predicted molar refractivity (Wildman–Crippen MR) is 186 cm³/mol. The molecule has 0 saturated carbocycles. The SMILES string of the molecule is COc1c2c(c(O)c3c1C(=O)c1ccccc1C3=O)[C@@H](O[Si](c1ccccc1)(c1ccccc1)C(C)(C)C)C[C@]1(C2)OC(C)(C)O[C@H]1C. The number of hydrogen-bond acceptors (Lipinski definition) is 7. The van der Waals surface area contributed by atoms with Gasteiger partial charge in [0.1, 0.15) is 17.1 Å². The van der Waals surface area contributed by atoms with Gasteiger partial charge in [0.05, 0.1) is 30.4 Å². The second kappa shape index (κ2) is 11.2. The van der Waals surface area contributed by atoms with Crippen LogP contribution in [-0.4, -0.2) is 49.6 Å². The van der Waals surface area contributed by atoms with E-state index in [0.717, 1.165) is 10.4 Å². The van der Waals surface area contributed by atoms with Gasteiger partial charge in [-0.1, -0.05) is 106 Å². The summed E-state index contributed by atoms with van der Waals surface area (Å²) in [6.07, 6.45) is -0.463. The molecule has 7 nitrogen and oxygen atoms in total. The van der Waals surface area contributed by atoms with Gasteiger partial charge in [0.25, 0.3) is 8.32 Å². The highest BCUT2D eigenvalue weighted by Gasteiger charge is 2.59. The van der Waals surface area contributed by atoms with Crippen LogP contribution in [0.1, 0.15) is 97.0 Å². The molecule has 7 rings (SSSR count). The Hall–Kier alpha value is -4.08. The molecule has 2 aliphatic carbocycles. The highest BCUT2D eigenvalue weighted by molar-refractivity contribution is 6.99. The van der Waals surface area contributed by atoms with E-state index < -0.39 is 31.6 Å². The molecular weight excluding hydrogens is 621 g/mol. The number of carbonyl (C=O) groups is 2. The number of aromatic hydroxyl groups is 1. The molecule has 0 amide bonds. The third kappa shape index (κ3) is 4.72. The van der Waals surface area contributed by atoms with Gasteiger partial charge in [0.2, 0.25) is 0 Å². The second-order valence-corrected chi connectivity index (χ2v) is 19.0. The van der Waals surface area contributed by atoms with Crippen LogP contribution < -0.4 is 15.1 Å². The lowest BCUT2D eigenvalue weighted by molar-refractivity contribution is -0.169. The van der Waals surface area contributed by atoms with Gasteiger partial charge in [-0.15, -0.1) is 0 Å². The molecule has 1 fully saturated rings. The first-order valence-corrected chi connectivity index (χ1v) is 18.5. The van der Waals surface area contributed by atoms with Crippen molar-refractivity contribution in [3.8, 4) is 11.5 Å². The van der Waals surface area contributed by atoms with Crippen molar-refractivity contribution in [2.75, 3.05) is 7.11 Å². The average Bonchev–Trinajstić information content (AvgIpc) is 3.28. The molecule has 1 spiro atoms. The Morgan fingerprint density at radius 2 is 1.35 bits per heavy atom. The molecule has 0 radical (unpaired) electrons. The number of phenolic OH excluding ortho intramolecular Hbond substituents is 1. The summed E-state index contributed by atoms with van der Waals surface area (Å²) in [4.78, 5) is 28.3. The summed E-state index contributed by atoms with van der Waals surface area (Å²) in [5, 5.41) is 14.1. The zero-order valence-electron chi connectivity index (χ0n) is 28.5. The maximum atomic E-state index is 14.2. The standard InChI is InChI=1S/C40H42O7Si/c1-24-40(47-39(5,6)45-24)22-29-31(36(43)32-33(37(29)44-7)35(42)28-21-15-14-20-27(28)34(32)41)30(23-40)46-48(38(2,3)4,25-16-10-8-11-17-25)26-18-12-9-13-19-26/h8-21,24,30,43H,22-23H2,1-7H3/t24-,30-,40-/m0/s1. The van der Waals surface area contributed by atoms with E-state index in [1.165, 1.54) is 7.11 Å². The molecule has 3 aliphatic rings. The minimum absolute atomic E-state index is 0.0433. The van der Waals surface area contributed by atoms with Gasteiger partial charge in [-0.05, 0) is 36.2 Å². The van der Waals surface area contributed by atoms with Gasteiger partial charge in [-0.2, -0.15) is 0 Å². The zero-order chi connectivity index (χ0) is 34.2. The third-order valence-electron chi connectivity index (χ3n) is 10.4. The fraction of sp³-hybridized carbons (Fsp3) is 0.350. The number of hydrogen-bond donors (Lipinski definition) is 1. The zero-order valence-corrected chi connectivity index (χ0v) is 29.5. The van der Waals surface area contributed by atoms with Crippen molar-refractivity contribution in [2.45, 2.75) is 83.0 Å². The molecule has 4 aromatic carbocycles. The van der Waals surface area contributed by atoms with Gasteiger partial charge in [-0.25, -0.2) is 0 Å². The first kappa shape index (κ1) is 32.5. The van der Waals surface area contributed by atoms with Crippen LogP contribution in [0.25, 0.3) is 0 Å². The molecule has 1 aliphatic heterocycles. The maximum Gasteiger partial charge on any atom is 0.261 e. The Morgan fingerprint density at radius 3 is 1.83 bits per heavy atom. The molecule has 0 unspecified atom stereocenters. The van der Waals surface area contributed by atoms with Gasteiger partial charge in [-0.3, -0.25) is 9.59 Å². The van der Waals surface area contributed by atoms with Gasteiger partial charge in [0, 0.05) is 35.1 Å². The minimum Gasteiger partial charge on any atom is -0.507 e. The van der Waals surface area contributed by atoms with Crippen LogP contribution in [0.3, 0.4) is 0 Å². The second-order valence-electron chi connectivity index (χ2n) is 14.7. The van der Waals surface area contributed by atoms with Crippen LogP contribution in [0.2, 0.25) is 5.04 Å². The number of methoxy groups -OCH3 is 1. The van der Waals surface area contributed by atoms with E-state index in [0.29, 0.717) is 24.0 Å². The first-order chi connectivity index (χ1) is 22.7. The summed E-state index contributed by atoms with van der Waals surface area (Å²) < 4.78 is 27.0. The molecule has 1 N–H and O–H groups in total. The predicted octanol–water partition coefficient (Wildman–Crippen LogP) is 6.65. The van der Waals surface area contributed by atoms with Crippen molar-refractivity contribution >= 4 is 30.3 Å². The molecule has 0 bridgehead atoms. The largest absolute Gasteiger partial charge is 0.507 e. The molecule has 1 heterocycles. The highest BCUT2D eigenvalue weighted by Crippen LogP contribution is 2.57. The van der Waals surface area contributed by atoms with Crippen LogP contribution >= 0.6 is 0 Å². The van der Waals surface area contributed by atoms with Crippen LogP contribution in [0.5, 0.6) is 11.5 Å². The quantitative estimate of drug-likeness (QED) is 0.211. The lowest BCUT2D eigenvalue weighted by Crippen LogP contribution is -2.67. The molecule has 3 atom stereocenters. The van der Waals surface area contributed by atoms with Gasteiger partial charge < -0.3 is 23.7 Å². The van der Waals surface area contributed by atoms with Crippen molar-refractivity contribution in [2.24, 2.45) is 0 Å². The van der Waals surface area contributed by atoms with Crippen LogP contribution in [0.4, 0.5) is 0 Å². The van der Waals surface area contributed by atoms with Crippen molar-refractivity contribution in [1.82, 2.24) is 0 Å². The number of ether oxygens (including phenoxy) is 3. The summed E-state index contributed by atoms with van der Waals surface area (Å²) in [6.45, 7) is 12.4. The van der Waals surface area contributed by atoms with Crippen molar-refractivity contribution in [1.29, 1.82) is 0 Å². The smallest absolute Gasteiger partial charge is 0.261 e. The van der Waals surface area contributed by atoms with Crippen LogP contribution in [0, 0.1) is 0 Å². The molecule has 48 heavy (non-hydrogen) atoms. The van der Waals surface area contributed by atoms with Crippen LogP contribution in [0.15, 0.2) is 84.9 Å². The molecule has 4 aromatic rings. The lowest BCUT2D eigenvalue weighted by Gasteiger charge is -2.49. The van der Waals surface area contributed by atoms with E-state index in [4.69, 9.17) is 18.6 Å². The van der Waals surface area contributed by atoms with E-state index in [2.05, 4.69) is 45.0 Å². The number of carbonyl (C=O) groups excluding carboxylic acids is 2. The van der Waals surface area contributed by atoms with E-state index in [1.807, 2.05) is 57.2 Å². The topological polar surface area (TPSA) is 91.3 Å². The number of fused-ring (bicyclic) bond motifs is 3. The van der Waals surface area contributed by atoms with Crippen molar-refractivity contribution in [3.63, 3.8) is 0 Å². The van der Waals surface area contributed by atoms with Crippen molar-refractivity contribution in [3.05, 3.63) is 118 Å². The van der Waals surface area contributed by atoms with E-state index in [1.54, 1.807) is 24.3 Å². The number of ketones is 2. The Kier molecular flexibility index (Phi) is 7.60. The molecular formula is C40H42O7Si. The number of benzene rings is 4. The fourth-order valence-electron chi connectivity index (χ4n) is 8.43. The summed E-state index contributed by atoms with van der Waals surface area (Å²) in [6, 6.07) is 27.3. The summed E-state index contributed by atoms with van der Waals surface area (Å²) in [5.41, 5.74) is 0.755. The van der Waals surface area contributed by atoms with Crippen molar-refractivity contribution < 1.29 is 33.3 Å². The third-order valence-corrected chi connectivity index (χ3v) is 15.4. The number of phenols is 1. The Labute approximate surface area is 283 Å². The minimum atomic E-state index is -3.20. The van der Waals surface area contributed by atoms with Crippen LogP contribution in [-0.2, 0) is 20.3 Å². The maximum absolute atomic E-state index is 14.2. The fourth-order valence-corrected chi connectivity index (χ4v) is 13.1. The summed E-state index contributed by atoms with van der Waals surface area (Å²) in [5.74, 6) is -1.64. The van der Waals surface area contributed by atoms with E-state index in [-0.39, 0.29) is 50.7 Å². The average molecular weight is 663 g/mol. The van der Waals surface area contributed by atoms with Gasteiger partial charge >= 0.3 is 0 Å². The summed E-state index contributed by atoms with van der Waals surface area (Å²) >= 11 is 0. The monoisotopic (exact) mass is 662 g/mol. The molecule has 248 valence electrons. The van der Waals surface area contributed by atoms with Gasteiger partial charge in [0.15, 0.2) is 17.4 Å². The Balaban J connectivity index is 1.54. The first-order valence-electron chi connectivity index (χ1n) is 16.6. The number of rotatable bonds is 5. The summed E-state index contributed by atoms with van der Waals surface area (Å²) in [7, 11) is -1.70. The van der Waals surface area contributed by atoms with E-state index in [9.17, 15) is 14.7 Å². The normalized spacial score (nSPS) is 23.1. The lowest BCUT2D eigenvalue weighted by atomic mass is 9.71. The highest BCUT2D eigenvalue weighted by atomic mass is 28.4.